The van der Waals surface area contributed by atoms with Crippen molar-refractivity contribution in [1.29, 1.82) is 0 Å². The summed E-state index contributed by atoms with van der Waals surface area (Å²) in [4.78, 5) is 18.5. The van der Waals surface area contributed by atoms with Crippen molar-refractivity contribution in [3.05, 3.63) is 30.3 Å². The van der Waals surface area contributed by atoms with E-state index in [0.717, 1.165) is 0 Å². The number of guanidine groups is 1. The highest BCUT2D eigenvalue weighted by Gasteiger charge is 2.13. The van der Waals surface area contributed by atoms with Gasteiger partial charge in [0.25, 0.3) is 0 Å². The number of hydrogen-bond donors (Lipinski definition) is 2. The third kappa shape index (κ3) is 9.72. The second-order valence-electron chi connectivity index (χ2n) is 5.99. The highest BCUT2D eigenvalue weighted by atomic mass is 127. The van der Waals surface area contributed by atoms with Crippen LogP contribution in [0.1, 0.15) is 33.6 Å². The van der Waals surface area contributed by atoms with E-state index in [-0.39, 0.29) is 35.6 Å². The predicted molar refractivity (Wildman–Crippen MR) is 125 cm³/mol. The first-order valence-corrected chi connectivity index (χ1v) is 11.2. The highest BCUT2D eigenvalue weighted by molar-refractivity contribution is 14.0. The smallest absolute Gasteiger partial charge is 0.224 e. The molecule has 0 radical (unpaired) electrons. The maximum atomic E-state index is 12.2. The van der Waals surface area contributed by atoms with E-state index in [4.69, 9.17) is 0 Å². The number of benzene rings is 1. The Bertz CT molecular complexity index is 692. The molecular weight excluding hydrogens is 491 g/mol. The molecule has 1 aromatic carbocycles. The van der Waals surface area contributed by atoms with E-state index < -0.39 is 9.84 Å². The Hall–Kier alpha value is -1.36. The summed E-state index contributed by atoms with van der Waals surface area (Å²) in [5, 5.41) is 6.23. The van der Waals surface area contributed by atoms with Crippen molar-refractivity contribution < 1.29 is 13.2 Å². The van der Waals surface area contributed by atoms with Crippen molar-refractivity contribution >= 4 is 45.7 Å². The maximum Gasteiger partial charge on any atom is 0.224 e. The van der Waals surface area contributed by atoms with Crippen LogP contribution in [-0.4, -0.2) is 63.7 Å². The minimum Gasteiger partial charge on any atom is -0.357 e. The second-order valence-corrected chi connectivity index (χ2v) is 8.10. The standard InChI is InChI=1S/C19H32N4O3S.HI/c1-4-20-19(22-15-13-18(24)23(5-2)6-3)21-14-10-16-27(25,26)17-11-8-7-9-12-17;/h7-9,11-12H,4-6,10,13-16H2,1-3H3,(H2,20,21,22);1H. The van der Waals surface area contributed by atoms with Gasteiger partial charge in [0.2, 0.25) is 5.91 Å². The molecule has 1 amide bonds. The van der Waals surface area contributed by atoms with Gasteiger partial charge < -0.3 is 15.5 Å². The lowest BCUT2D eigenvalue weighted by atomic mass is 10.3. The van der Waals surface area contributed by atoms with Crippen LogP contribution in [0.3, 0.4) is 0 Å². The molecule has 1 aromatic rings. The van der Waals surface area contributed by atoms with Crippen LogP contribution in [-0.2, 0) is 14.6 Å². The molecule has 0 bridgehead atoms. The molecule has 0 atom stereocenters. The van der Waals surface area contributed by atoms with Gasteiger partial charge in [-0.3, -0.25) is 9.79 Å². The highest BCUT2D eigenvalue weighted by Crippen LogP contribution is 2.10. The van der Waals surface area contributed by atoms with Crippen LogP contribution in [0.4, 0.5) is 0 Å². The fourth-order valence-corrected chi connectivity index (χ4v) is 3.87. The van der Waals surface area contributed by atoms with Crippen molar-refractivity contribution in [2.45, 2.75) is 38.5 Å². The van der Waals surface area contributed by atoms with Crippen molar-refractivity contribution in [2.24, 2.45) is 4.99 Å². The fourth-order valence-electron chi connectivity index (χ4n) is 2.56. The Balaban J connectivity index is 0.00000729. The Labute approximate surface area is 186 Å². The molecule has 9 heteroatoms. The average molecular weight is 524 g/mol. The number of nitrogens with zero attached hydrogens (tertiary/aromatic N) is 2. The maximum absolute atomic E-state index is 12.2. The molecule has 7 nitrogen and oxygen atoms in total. The van der Waals surface area contributed by atoms with Gasteiger partial charge in [0, 0.05) is 39.1 Å². The minimum atomic E-state index is -3.27. The molecule has 0 spiro atoms. The molecule has 0 aliphatic carbocycles. The van der Waals surface area contributed by atoms with Crippen molar-refractivity contribution in [3.63, 3.8) is 0 Å². The second kappa shape index (κ2) is 14.6. The first-order chi connectivity index (χ1) is 12.9. The van der Waals surface area contributed by atoms with Crippen LogP contribution in [0.15, 0.2) is 40.2 Å². The molecule has 1 rings (SSSR count). The summed E-state index contributed by atoms with van der Waals surface area (Å²) in [6.07, 6.45) is 0.834. The van der Waals surface area contributed by atoms with Crippen molar-refractivity contribution in [3.8, 4) is 0 Å². The molecule has 0 fully saturated rings. The number of carbonyl (C=O) groups is 1. The molecule has 0 saturated heterocycles. The van der Waals surface area contributed by atoms with Crippen LogP contribution in [0.2, 0.25) is 0 Å². The van der Waals surface area contributed by atoms with Gasteiger partial charge in [0.1, 0.15) is 0 Å². The molecule has 0 unspecified atom stereocenters. The molecule has 0 aliphatic heterocycles. The van der Waals surface area contributed by atoms with Gasteiger partial charge in [0.05, 0.1) is 10.6 Å². The number of nitrogens with one attached hydrogen (secondary N) is 2. The molecule has 2 N–H and O–H groups in total. The number of carbonyl (C=O) groups excluding carboxylic acids is 1. The fraction of sp³-hybridized carbons (Fsp3) is 0.579. The molecule has 0 heterocycles. The summed E-state index contributed by atoms with van der Waals surface area (Å²) in [6, 6.07) is 8.45. The summed E-state index contributed by atoms with van der Waals surface area (Å²) in [7, 11) is -3.27. The van der Waals surface area contributed by atoms with Crippen LogP contribution in [0.5, 0.6) is 0 Å². The Morgan fingerprint density at radius 1 is 1.07 bits per heavy atom. The van der Waals surface area contributed by atoms with E-state index in [1.807, 2.05) is 20.8 Å². The molecule has 0 aromatic heterocycles. The lowest BCUT2D eigenvalue weighted by molar-refractivity contribution is -0.130. The van der Waals surface area contributed by atoms with E-state index >= 15 is 0 Å². The number of rotatable bonds is 11. The van der Waals surface area contributed by atoms with E-state index in [9.17, 15) is 13.2 Å². The minimum absolute atomic E-state index is 0. The van der Waals surface area contributed by atoms with Gasteiger partial charge in [-0.05, 0) is 39.3 Å². The molecule has 28 heavy (non-hydrogen) atoms. The first-order valence-electron chi connectivity index (χ1n) is 9.52. The summed E-state index contributed by atoms with van der Waals surface area (Å²) in [5.41, 5.74) is 0. The summed E-state index contributed by atoms with van der Waals surface area (Å²) in [5.74, 6) is 0.764. The molecular formula is C19H33IN4O3S. The predicted octanol–water partition coefficient (Wildman–Crippen LogP) is 2.28. The summed E-state index contributed by atoms with van der Waals surface area (Å²) < 4.78 is 24.5. The van der Waals surface area contributed by atoms with Gasteiger partial charge in [-0.25, -0.2) is 8.42 Å². The largest absolute Gasteiger partial charge is 0.357 e. The molecule has 0 aliphatic rings. The van der Waals surface area contributed by atoms with Gasteiger partial charge in [0.15, 0.2) is 15.8 Å². The van der Waals surface area contributed by atoms with E-state index in [1.165, 1.54) is 0 Å². The first kappa shape index (κ1) is 26.6. The summed E-state index contributed by atoms with van der Waals surface area (Å²) in [6.45, 7) is 8.87. The Morgan fingerprint density at radius 3 is 2.29 bits per heavy atom. The molecule has 0 saturated carbocycles. The number of sulfone groups is 1. The number of hydrogen-bond acceptors (Lipinski definition) is 4. The average Bonchev–Trinajstić information content (AvgIpc) is 2.67. The zero-order valence-corrected chi connectivity index (χ0v) is 20.1. The monoisotopic (exact) mass is 524 g/mol. The Morgan fingerprint density at radius 2 is 1.71 bits per heavy atom. The Kier molecular flexibility index (Phi) is 13.9. The lowest BCUT2D eigenvalue weighted by Crippen LogP contribution is -2.40. The van der Waals surface area contributed by atoms with E-state index in [1.54, 1.807) is 35.2 Å². The zero-order valence-electron chi connectivity index (χ0n) is 17.0. The molecule has 160 valence electrons. The van der Waals surface area contributed by atoms with Crippen LogP contribution in [0.25, 0.3) is 0 Å². The number of halogens is 1. The summed E-state index contributed by atoms with van der Waals surface area (Å²) >= 11 is 0. The van der Waals surface area contributed by atoms with Gasteiger partial charge in [-0.15, -0.1) is 24.0 Å². The third-order valence-electron chi connectivity index (χ3n) is 4.04. The quantitative estimate of drug-likeness (QED) is 0.201. The van der Waals surface area contributed by atoms with Crippen LogP contribution in [0, 0.1) is 0 Å². The van der Waals surface area contributed by atoms with Crippen molar-refractivity contribution in [2.75, 3.05) is 38.5 Å². The van der Waals surface area contributed by atoms with E-state index in [0.29, 0.717) is 56.4 Å². The third-order valence-corrected chi connectivity index (χ3v) is 5.85. The van der Waals surface area contributed by atoms with Gasteiger partial charge >= 0.3 is 0 Å². The lowest BCUT2D eigenvalue weighted by Gasteiger charge is -2.19. The van der Waals surface area contributed by atoms with Gasteiger partial charge in [-0.2, -0.15) is 0 Å². The van der Waals surface area contributed by atoms with Crippen LogP contribution >= 0.6 is 24.0 Å². The number of amides is 1. The zero-order chi connectivity index (χ0) is 20.1. The topological polar surface area (TPSA) is 90.9 Å². The van der Waals surface area contributed by atoms with Gasteiger partial charge in [-0.1, -0.05) is 18.2 Å². The van der Waals surface area contributed by atoms with Crippen LogP contribution < -0.4 is 10.6 Å². The SMILES string of the molecule is CCNC(=NCCCS(=O)(=O)c1ccccc1)NCCC(=O)N(CC)CC.I. The number of aliphatic imine (C=N–C) groups is 1. The van der Waals surface area contributed by atoms with Crippen molar-refractivity contribution in [1.82, 2.24) is 15.5 Å². The normalized spacial score (nSPS) is 11.5. The van der Waals surface area contributed by atoms with E-state index in [2.05, 4.69) is 15.6 Å².